The van der Waals surface area contributed by atoms with Crippen LogP contribution >= 0.6 is 12.4 Å². The average Bonchev–Trinajstić information content (AvgIpc) is 1.88. The molecule has 3 heteroatoms. The molecule has 68 valence electrons. The summed E-state index contributed by atoms with van der Waals surface area (Å²) in [5.74, 6) is 0. The standard InChI is InChI=1S/C8H17NO.ClH/c1-4-10-7-5-6(9)8(7,2)3;/h6-7H,4-5,9H2,1-3H3;1H/t6-,7+;/m0./s1. The van der Waals surface area contributed by atoms with Crippen molar-refractivity contribution in [3.05, 3.63) is 0 Å². The smallest absolute Gasteiger partial charge is 0.0655 e. The highest BCUT2D eigenvalue weighted by atomic mass is 35.5. The van der Waals surface area contributed by atoms with Crippen molar-refractivity contribution in [2.45, 2.75) is 39.3 Å². The molecule has 1 aliphatic carbocycles. The van der Waals surface area contributed by atoms with Gasteiger partial charge in [-0.2, -0.15) is 0 Å². The average molecular weight is 180 g/mol. The van der Waals surface area contributed by atoms with Crippen LogP contribution in [0.2, 0.25) is 0 Å². The Bertz CT molecular complexity index is 125. The molecule has 0 saturated heterocycles. The number of ether oxygens (including phenoxy) is 1. The van der Waals surface area contributed by atoms with Crippen LogP contribution in [0.4, 0.5) is 0 Å². The molecule has 0 aromatic heterocycles. The molecule has 0 radical (unpaired) electrons. The molecule has 1 aliphatic rings. The summed E-state index contributed by atoms with van der Waals surface area (Å²) >= 11 is 0. The highest BCUT2D eigenvalue weighted by molar-refractivity contribution is 5.85. The lowest BCUT2D eigenvalue weighted by atomic mass is 9.65. The van der Waals surface area contributed by atoms with Crippen LogP contribution in [0.5, 0.6) is 0 Å². The van der Waals surface area contributed by atoms with Gasteiger partial charge in [-0.15, -0.1) is 12.4 Å². The highest BCUT2D eigenvalue weighted by Gasteiger charge is 2.46. The lowest BCUT2D eigenvalue weighted by molar-refractivity contribution is -0.103. The third-order valence-electron chi connectivity index (χ3n) is 2.62. The first kappa shape index (κ1) is 11.2. The molecule has 2 N–H and O–H groups in total. The van der Waals surface area contributed by atoms with Crippen LogP contribution in [-0.4, -0.2) is 18.8 Å². The summed E-state index contributed by atoms with van der Waals surface area (Å²) in [6.07, 6.45) is 1.42. The van der Waals surface area contributed by atoms with Gasteiger partial charge in [0.05, 0.1) is 6.10 Å². The second-order valence-corrected chi connectivity index (χ2v) is 3.61. The molecular formula is C8H18ClNO. The van der Waals surface area contributed by atoms with Gasteiger partial charge in [0.2, 0.25) is 0 Å². The molecule has 0 aliphatic heterocycles. The van der Waals surface area contributed by atoms with Crippen LogP contribution < -0.4 is 5.73 Å². The predicted octanol–water partition coefficient (Wildman–Crippen LogP) is 1.57. The van der Waals surface area contributed by atoms with Crippen molar-refractivity contribution in [2.24, 2.45) is 11.1 Å². The molecule has 11 heavy (non-hydrogen) atoms. The van der Waals surface area contributed by atoms with E-state index in [1.165, 1.54) is 0 Å². The predicted molar refractivity (Wildman–Crippen MR) is 49.0 cm³/mol. The van der Waals surface area contributed by atoms with E-state index in [0.717, 1.165) is 13.0 Å². The molecular weight excluding hydrogens is 162 g/mol. The fourth-order valence-corrected chi connectivity index (χ4v) is 1.40. The molecule has 0 aromatic rings. The minimum absolute atomic E-state index is 0. The molecule has 0 unspecified atom stereocenters. The SMILES string of the molecule is CCO[C@@H]1C[C@H](N)C1(C)C.Cl. The van der Waals surface area contributed by atoms with Gasteiger partial charge in [-0.3, -0.25) is 0 Å². The minimum atomic E-state index is 0. The fourth-order valence-electron chi connectivity index (χ4n) is 1.40. The Morgan fingerprint density at radius 1 is 1.55 bits per heavy atom. The van der Waals surface area contributed by atoms with Gasteiger partial charge in [0, 0.05) is 18.1 Å². The Kier molecular flexibility index (Phi) is 3.82. The zero-order chi connectivity index (χ0) is 7.78. The molecule has 0 spiro atoms. The Balaban J connectivity index is 0.000001000. The maximum Gasteiger partial charge on any atom is 0.0655 e. The van der Waals surface area contributed by atoms with E-state index in [1.807, 2.05) is 6.92 Å². The molecule has 1 fully saturated rings. The van der Waals surface area contributed by atoms with Gasteiger partial charge < -0.3 is 10.5 Å². The van der Waals surface area contributed by atoms with Crippen LogP contribution in [0.1, 0.15) is 27.2 Å². The summed E-state index contributed by atoms with van der Waals surface area (Å²) in [5, 5.41) is 0. The molecule has 0 amide bonds. The summed E-state index contributed by atoms with van der Waals surface area (Å²) in [6, 6.07) is 0.337. The van der Waals surface area contributed by atoms with Gasteiger partial charge in [0.15, 0.2) is 0 Å². The molecule has 0 bridgehead atoms. The Labute approximate surface area is 74.9 Å². The summed E-state index contributed by atoms with van der Waals surface area (Å²) < 4.78 is 5.48. The topological polar surface area (TPSA) is 35.2 Å². The quantitative estimate of drug-likeness (QED) is 0.699. The van der Waals surface area contributed by atoms with Crippen molar-refractivity contribution in [3.63, 3.8) is 0 Å². The van der Waals surface area contributed by atoms with E-state index in [4.69, 9.17) is 10.5 Å². The zero-order valence-electron chi connectivity index (χ0n) is 7.46. The lowest BCUT2D eigenvalue weighted by Crippen LogP contribution is -2.58. The van der Waals surface area contributed by atoms with E-state index in [-0.39, 0.29) is 17.8 Å². The lowest BCUT2D eigenvalue weighted by Gasteiger charge is -2.49. The monoisotopic (exact) mass is 179 g/mol. The number of nitrogens with two attached hydrogens (primary N) is 1. The minimum Gasteiger partial charge on any atom is -0.378 e. The Morgan fingerprint density at radius 3 is 2.36 bits per heavy atom. The van der Waals surface area contributed by atoms with Crippen molar-refractivity contribution < 1.29 is 4.74 Å². The van der Waals surface area contributed by atoms with E-state index >= 15 is 0 Å². The number of halogens is 1. The van der Waals surface area contributed by atoms with E-state index < -0.39 is 0 Å². The second kappa shape index (κ2) is 3.74. The number of hydrogen-bond acceptors (Lipinski definition) is 2. The summed E-state index contributed by atoms with van der Waals surface area (Å²) in [4.78, 5) is 0. The highest BCUT2D eigenvalue weighted by Crippen LogP contribution is 2.41. The van der Waals surface area contributed by atoms with Crippen LogP contribution in [0, 0.1) is 5.41 Å². The second-order valence-electron chi connectivity index (χ2n) is 3.61. The third kappa shape index (κ3) is 1.86. The maximum atomic E-state index is 5.80. The number of rotatable bonds is 2. The van der Waals surface area contributed by atoms with Crippen LogP contribution in [0.3, 0.4) is 0 Å². The first-order chi connectivity index (χ1) is 4.59. The van der Waals surface area contributed by atoms with Crippen molar-refractivity contribution in [2.75, 3.05) is 6.61 Å². The zero-order valence-corrected chi connectivity index (χ0v) is 8.28. The van der Waals surface area contributed by atoms with Gasteiger partial charge in [-0.1, -0.05) is 13.8 Å². The van der Waals surface area contributed by atoms with E-state index in [1.54, 1.807) is 0 Å². The first-order valence-corrected chi connectivity index (χ1v) is 3.96. The summed E-state index contributed by atoms with van der Waals surface area (Å²) in [6.45, 7) is 7.17. The molecule has 1 saturated carbocycles. The van der Waals surface area contributed by atoms with Crippen LogP contribution in [-0.2, 0) is 4.74 Å². The van der Waals surface area contributed by atoms with Crippen molar-refractivity contribution in [1.29, 1.82) is 0 Å². The Hall–Kier alpha value is 0.210. The molecule has 2 atom stereocenters. The van der Waals surface area contributed by atoms with Crippen molar-refractivity contribution in [3.8, 4) is 0 Å². The third-order valence-corrected chi connectivity index (χ3v) is 2.62. The van der Waals surface area contributed by atoms with Crippen LogP contribution in [0.25, 0.3) is 0 Å². The van der Waals surface area contributed by atoms with Crippen molar-refractivity contribution >= 4 is 12.4 Å². The maximum absolute atomic E-state index is 5.80. The van der Waals surface area contributed by atoms with Crippen molar-refractivity contribution in [1.82, 2.24) is 0 Å². The Morgan fingerprint density at radius 2 is 2.09 bits per heavy atom. The molecule has 2 nitrogen and oxygen atoms in total. The summed E-state index contributed by atoms with van der Waals surface area (Å²) in [7, 11) is 0. The largest absolute Gasteiger partial charge is 0.378 e. The van der Waals surface area contributed by atoms with E-state index in [9.17, 15) is 0 Å². The van der Waals surface area contributed by atoms with Gasteiger partial charge in [-0.05, 0) is 13.3 Å². The first-order valence-electron chi connectivity index (χ1n) is 3.96. The van der Waals surface area contributed by atoms with E-state index in [0.29, 0.717) is 12.1 Å². The van der Waals surface area contributed by atoms with Gasteiger partial charge in [-0.25, -0.2) is 0 Å². The molecule has 0 aromatic carbocycles. The van der Waals surface area contributed by atoms with Gasteiger partial charge >= 0.3 is 0 Å². The molecule has 0 heterocycles. The normalized spacial score (nSPS) is 33.8. The van der Waals surface area contributed by atoms with Crippen LogP contribution in [0.15, 0.2) is 0 Å². The van der Waals surface area contributed by atoms with E-state index in [2.05, 4.69) is 13.8 Å². The van der Waals surface area contributed by atoms with Gasteiger partial charge in [0.1, 0.15) is 0 Å². The van der Waals surface area contributed by atoms with Gasteiger partial charge in [0.25, 0.3) is 0 Å². The molecule has 1 rings (SSSR count). The number of hydrogen-bond donors (Lipinski definition) is 1. The summed E-state index contributed by atoms with van der Waals surface area (Å²) in [5.41, 5.74) is 6.00. The fraction of sp³-hybridized carbons (Fsp3) is 1.00.